The molecular formula is C20H17NO4. The van der Waals surface area contributed by atoms with Crippen LogP contribution in [0.3, 0.4) is 0 Å². The van der Waals surface area contributed by atoms with Gasteiger partial charge in [-0.15, -0.1) is 0 Å². The molecule has 2 N–H and O–H groups in total. The number of allylic oxidation sites excluding steroid dienone is 1. The maximum absolute atomic E-state index is 11.8. The molecule has 0 atom stereocenters. The Balaban J connectivity index is 2.20. The first kappa shape index (κ1) is 16.5. The van der Waals surface area contributed by atoms with Crippen LogP contribution in [-0.4, -0.2) is 22.2 Å². The molecule has 0 spiro atoms. The number of para-hydroxylation sites is 2. The van der Waals surface area contributed by atoms with Gasteiger partial charge in [0.1, 0.15) is 0 Å². The second-order valence-electron chi connectivity index (χ2n) is 5.65. The van der Waals surface area contributed by atoms with Crippen LogP contribution in [0.2, 0.25) is 0 Å². The molecule has 3 rings (SSSR count). The lowest BCUT2D eigenvalue weighted by molar-refractivity contribution is -0.132. The van der Waals surface area contributed by atoms with E-state index in [0.29, 0.717) is 12.1 Å². The Kier molecular flexibility index (Phi) is 4.66. The zero-order valence-corrected chi connectivity index (χ0v) is 13.4. The Morgan fingerprint density at radius 3 is 1.72 bits per heavy atom. The molecule has 0 amide bonds. The summed E-state index contributed by atoms with van der Waals surface area (Å²) in [7, 11) is 0. The van der Waals surface area contributed by atoms with Crippen LogP contribution in [0.25, 0.3) is 0 Å². The van der Waals surface area contributed by atoms with Crippen molar-refractivity contribution in [1.82, 2.24) is 0 Å². The lowest BCUT2D eigenvalue weighted by Crippen LogP contribution is -2.23. The summed E-state index contributed by atoms with van der Waals surface area (Å²) in [5.41, 5.74) is 2.36. The van der Waals surface area contributed by atoms with Crippen molar-refractivity contribution in [3.63, 3.8) is 0 Å². The molecule has 2 aromatic rings. The highest BCUT2D eigenvalue weighted by molar-refractivity contribution is 5.97. The summed E-state index contributed by atoms with van der Waals surface area (Å²) in [4.78, 5) is 24.9. The minimum Gasteiger partial charge on any atom is -0.478 e. The molecule has 0 saturated carbocycles. The summed E-state index contributed by atoms with van der Waals surface area (Å²) in [5, 5.41) is 18.8. The highest BCUT2D eigenvalue weighted by atomic mass is 16.4. The average Bonchev–Trinajstić information content (AvgIpc) is 2.63. The number of benzene rings is 2. The zero-order valence-electron chi connectivity index (χ0n) is 13.4. The number of hydrogen-bond donors (Lipinski definition) is 2. The molecule has 0 unspecified atom stereocenters. The van der Waals surface area contributed by atoms with Gasteiger partial charge in [-0.25, -0.2) is 9.59 Å². The first-order chi connectivity index (χ1) is 12.1. The predicted octanol–water partition coefficient (Wildman–Crippen LogP) is 3.97. The number of aliphatic carboxylic acids is 2. The van der Waals surface area contributed by atoms with Crippen LogP contribution in [-0.2, 0) is 9.59 Å². The second kappa shape index (κ2) is 7.05. The third-order valence-corrected chi connectivity index (χ3v) is 4.06. The van der Waals surface area contributed by atoms with E-state index >= 15 is 0 Å². The SMILES string of the molecule is O=C(O)C1=CC(C(=O)O)=C(N(c2ccccc2)c2ccccc2)CC1. The molecule has 0 bridgehead atoms. The number of carboxylic acid groups (broad SMARTS) is 2. The molecule has 0 aromatic heterocycles. The van der Waals surface area contributed by atoms with Crippen molar-refractivity contribution < 1.29 is 19.8 Å². The lowest BCUT2D eigenvalue weighted by atomic mass is 9.94. The summed E-state index contributed by atoms with van der Waals surface area (Å²) in [5.74, 6) is -2.21. The molecule has 0 heterocycles. The van der Waals surface area contributed by atoms with Crippen molar-refractivity contribution >= 4 is 23.3 Å². The average molecular weight is 335 g/mol. The van der Waals surface area contributed by atoms with Crippen LogP contribution in [0.4, 0.5) is 11.4 Å². The van der Waals surface area contributed by atoms with E-state index in [0.717, 1.165) is 11.4 Å². The second-order valence-corrected chi connectivity index (χ2v) is 5.65. The Morgan fingerprint density at radius 1 is 0.760 bits per heavy atom. The van der Waals surface area contributed by atoms with Crippen molar-refractivity contribution in [3.05, 3.63) is 83.6 Å². The third kappa shape index (κ3) is 3.45. The Labute approximate surface area is 145 Å². The molecule has 25 heavy (non-hydrogen) atoms. The fraction of sp³-hybridized carbons (Fsp3) is 0.100. The van der Waals surface area contributed by atoms with Gasteiger partial charge in [0.25, 0.3) is 0 Å². The predicted molar refractivity (Wildman–Crippen MR) is 94.6 cm³/mol. The number of nitrogens with zero attached hydrogens (tertiary/aromatic N) is 1. The number of hydrogen-bond acceptors (Lipinski definition) is 3. The van der Waals surface area contributed by atoms with E-state index in [1.165, 1.54) is 6.08 Å². The Morgan fingerprint density at radius 2 is 1.28 bits per heavy atom. The zero-order chi connectivity index (χ0) is 17.8. The molecule has 0 saturated heterocycles. The van der Waals surface area contributed by atoms with Crippen LogP contribution >= 0.6 is 0 Å². The van der Waals surface area contributed by atoms with Crippen molar-refractivity contribution in [1.29, 1.82) is 0 Å². The maximum Gasteiger partial charge on any atom is 0.337 e. The smallest absolute Gasteiger partial charge is 0.337 e. The van der Waals surface area contributed by atoms with Crippen molar-refractivity contribution in [2.24, 2.45) is 0 Å². The monoisotopic (exact) mass is 335 g/mol. The van der Waals surface area contributed by atoms with E-state index in [1.54, 1.807) is 0 Å². The largest absolute Gasteiger partial charge is 0.478 e. The van der Waals surface area contributed by atoms with E-state index < -0.39 is 11.9 Å². The molecule has 5 nitrogen and oxygen atoms in total. The van der Waals surface area contributed by atoms with Crippen LogP contribution in [0.1, 0.15) is 12.8 Å². The fourth-order valence-corrected chi connectivity index (χ4v) is 2.92. The van der Waals surface area contributed by atoms with E-state index in [1.807, 2.05) is 65.6 Å². The molecule has 5 heteroatoms. The minimum atomic E-state index is -1.13. The van der Waals surface area contributed by atoms with Gasteiger partial charge in [0.15, 0.2) is 0 Å². The van der Waals surface area contributed by atoms with E-state index in [9.17, 15) is 19.8 Å². The van der Waals surface area contributed by atoms with E-state index in [2.05, 4.69) is 0 Å². The Bertz CT molecular complexity index is 814. The molecule has 0 fully saturated rings. The summed E-state index contributed by atoms with van der Waals surface area (Å²) in [6.45, 7) is 0. The van der Waals surface area contributed by atoms with Crippen LogP contribution < -0.4 is 4.90 Å². The fourth-order valence-electron chi connectivity index (χ4n) is 2.92. The van der Waals surface area contributed by atoms with Crippen molar-refractivity contribution in [2.45, 2.75) is 12.8 Å². The van der Waals surface area contributed by atoms with Gasteiger partial charge in [0.05, 0.1) is 5.57 Å². The topological polar surface area (TPSA) is 77.8 Å². The third-order valence-electron chi connectivity index (χ3n) is 4.06. The molecular weight excluding hydrogens is 318 g/mol. The summed E-state index contributed by atoms with van der Waals surface area (Å²) in [6, 6.07) is 18.9. The van der Waals surface area contributed by atoms with Gasteiger partial charge >= 0.3 is 11.9 Å². The number of carbonyl (C=O) groups is 2. The minimum absolute atomic E-state index is 0.0105. The van der Waals surface area contributed by atoms with Crippen LogP contribution in [0.15, 0.2) is 83.6 Å². The molecule has 2 aromatic carbocycles. The molecule has 0 radical (unpaired) electrons. The highest BCUT2D eigenvalue weighted by Gasteiger charge is 2.26. The standard InChI is InChI=1S/C20H17NO4/c22-19(23)14-11-12-18(17(13-14)20(24)25)21(15-7-3-1-4-8-15)16-9-5-2-6-10-16/h1-10,13H,11-12H2,(H,22,23)(H,24,25). The van der Waals surface area contributed by atoms with Crippen LogP contribution in [0, 0.1) is 0 Å². The molecule has 1 aliphatic carbocycles. The lowest BCUT2D eigenvalue weighted by Gasteiger charge is -2.31. The number of rotatable bonds is 5. The van der Waals surface area contributed by atoms with Gasteiger partial charge in [-0.3, -0.25) is 0 Å². The van der Waals surface area contributed by atoms with Gasteiger partial charge in [0, 0.05) is 22.6 Å². The summed E-state index contributed by atoms with van der Waals surface area (Å²) in [6.07, 6.45) is 1.89. The van der Waals surface area contributed by atoms with E-state index in [4.69, 9.17) is 0 Å². The molecule has 1 aliphatic rings. The van der Waals surface area contributed by atoms with E-state index in [-0.39, 0.29) is 17.6 Å². The normalized spacial score (nSPS) is 14.0. The van der Waals surface area contributed by atoms with Crippen molar-refractivity contribution in [3.8, 4) is 0 Å². The highest BCUT2D eigenvalue weighted by Crippen LogP contribution is 2.36. The molecule has 126 valence electrons. The van der Waals surface area contributed by atoms with Gasteiger partial charge in [-0.2, -0.15) is 0 Å². The molecule has 0 aliphatic heterocycles. The first-order valence-electron chi connectivity index (χ1n) is 7.88. The number of anilines is 2. The Hall–Kier alpha value is -3.34. The quantitative estimate of drug-likeness (QED) is 0.864. The maximum atomic E-state index is 11.8. The van der Waals surface area contributed by atoms with Crippen molar-refractivity contribution in [2.75, 3.05) is 4.90 Å². The van der Waals surface area contributed by atoms with Gasteiger partial charge in [-0.1, -0.05) is 36.4 Å². The number of carboxylic acids is 2. The van der Waals surface area contributed by atoms with Gasteiger partial charge in [-0.05, 0) is 43.2 Å². The summed E-state index contributed by atoms with van der Waals surface area (Å²) >= 11 is 0. The van der Waals surface area contributed by atoms with Crippen LogP contribution in [0.5, 0.6) is 0 Å². The summed E-state index contributed by atoms with van der Waals surface area (Å²) < 4.78 is 0. The van der Waals surface area contributed by atoms with Gasteiger partial charge < -0.3 is 15.1 Å². The van der Waals surface area contributed by atoms with Gasteiger partial charge in [0.2, 0.25) is 0 Å². The first-order valence-corrected chi connectivity index (χ1v) is 7.88.